The number of fused-ring (bicyclic) bond motifs is 1. The van der Waals surface area contributed by atoms with E-state index >= 15 is 0 Å². The van der Waals surface area contributed by atoms with Gasteiger partial charge in [-0.15, -0.1) is 11.3 Å². The number of halogens is 1. The molecule has 2 aromatic rings. The van der Waals surface area contributed by atoms with Crippen molar-refractivity contribution in [3.05, 3.63) is 16.2 Å². The Labute approximate surface area is 126 Å². The standard InChI is InChI=1S/C11H15ClN4O2S2/c1-3-7-6-8-9(13-4-5-14-20(2,17)18)15-11(12)16-10(8)19-7/h6,14H,3-5H2,1-2H3,(H,13,15,16). The lowest BCUT2D eigenvalue weighted by atomic mass is 10.3. The number of aryl methyl sites for hydroxylation is 1. The zero-order valence-electron chi connectivity index (χ0n) is 11.1. The highest BCUT2D eigenvalue weighted by Gasteiger charge is 2.10. The molecule has 0 aliphatic heterocycles. The van der Waals surface area contributed by atoms with Gasteiger partial charge in [0.25, 0.3) is 0 Å². The molecule has 0 saturated heterocycles. The van der Waals surface area contributed by atoms with E-state index in [2.05, 4.69) is 26.9 Å². The SMILES string of the molecule is CCc1cc2c(NCCNS(C)(=O)=O)nc(Cl)nc2s1. The summed E-state index contributed by atoms with van der Waals surface area (Å²) in [6.45, 7) is 2.78. The third kappa shape index (κ3) is 4.02. The van der Waals surface area contributed by atoms with E-state index in [4.69, 9.17) is 11.6 Å². The van der Waals surface area contributed by atoms with Crippen LogP contribution in [0, 0.1) is 0 Å². The Kier molecular flexibility index (Phi) is 4.79. The zero-order valence-corrected chi connectivity index (χ0v) is 13.5. The molecule has 110 valence electrons. The van der Waals surface area contributed by atoms with Crippen LogP contribution in [0.25, 0.3) is 10.2 Å². The van der Waals surface area contributed by atoms with Crippen LogP contribution in [0.1, 0.15) is 11.8 Å². The number of thiophene rings is 1. The minimum Gasteiger partial charge on any atom is -0.368 e. The van der Waals surface area contributed by atoms with Crippen LogP contribution < -0.4 is 10.0 Å². The average Bonchev–Trinajstić information content (AvgIpc) is 2.76. The van der Waals surface area contributed by atoms with Crippen molar-refractivity contribution < 1.29 is 8.42 Å². The lowest BCUT2D eigenvalue weighted by molar-refractivity contribution is 0.589. The van der Waals surface area contributed by atoms with Crippen molar-refractivity contribution in [1.82, 2.24) is 14.7 Å². The maximum Gasteiger partial charge on any atom is 0.225 e. The van der Waals surface area contributed by atoms with Gasteiger partial charge in [-0.3, -0.25) is 0 Å². The summed E-state index contributed by atoms with van der Waals surface area (Å²) in [7, 11) is -3.18. The normalized spacial score (nSPS) is 11.9. The van der Waals surface area contributed by atoms with Gasteiger partial charge in [0.15, 0.2) is 0 Å². The third-order valence-corrected chi connectivity index (χ3v) is 4.62. The molecule has 9 heteroatoms. The Morgan fingerprint density at radius 1 is 1.35 bits per heavy atom. The fraction of sp³-hybridized carbons (Fsp3) is 0.455. The maximum atomic E-state index is 11.0. The van der Waals surface area contributed by atoms with Crippen LogP contribution >= 0.6 is 22.9 Å². The van der Waals surface area contributed by atoms with Gasteiger partial charge >= 0.3 is 0 Å². The first kappa shape index (κ1) is 15.4. The lowest BCUT2D eigenvalue weighted by Gasteiger charge is -2.07. The fourth-order valence-corrected chi connectivity index (χ4v) is 3.33. The topological polar surface area (TPSA) is 84.0 Å². The molecule has 0 amide bonds. The zero-order chi connectivity index (χ0) is 14.8. The van der Waals surface area contributed by atoms with Crippen LogP contribution in [0.3, 0.4) is 0 Å². The molecular formula is C11H15ClN4O2S2. The van der Waals surface area contributed by atoms with Gasteiger partial charge in [0.2, 0.25) is 15.3 Å². The largest absolute Gasteiger partial charge is 0.368 e. The molecule has 2 aromatic heterocycles. The summed E-state index contributed by atoms with van der Waals surface area (Å²) in [5.41, 5.74) is 0. The number of aromatic nitrogens is 2. The smallest absolute Gasteiger partial charge is 0.225 e. The van der Waals surface area contributed by atoms with E-state index in [0.717, 1.165) is 22.9 Å². The molecular weight excluding hydrogens is 320 g/mol. The molecule has 0 atom stereocenters. The number of nitrogens with one attached hydrogen (secondary N) is 2. The molecule has 0 aliphatic carbocycles. The molecule has 0 fully saturated rings. The summed E-state index contributed by atoms with van der Waals surface area (Å²) in [6, 6.07) is 2.03. The molecule has 0 bridgehead atoms. The number of hydrogen-bond donors (Lipinski definition) is 2. The summed E-state index contributed by atoms with van der Waals surface area (Å²) in [6.07, 6.45) is 2.05. The number of hydrogen-bond acceptors (Lipinski definition) is 6. The van der Waals surface area contributed by atoms with E-state index in [1.165, 1.54) is 4.88 Å². The van der Waals surface area contributed by atoms with E-state index in [9.17, 15) is 8.42 Å². The molecule has 0 spiro atoms. The predicted octanol–water partition coefficient (Wildman–Crippen LogP) is 1.87. The van der Waals surface area contributed by atoms with Gasteiger partial charge in [-0.25, -0.2) is 23.1 Å². The molecule has 20 heavy (non-hydrogen) atoms. The van der Waals surface area contributed by atoms with Gasteiger partial charge in [0.1, 0.15) is 10.6 Å². The van der Waals surface area contributed by atoms with Gasteiger partial charge in [0.05, 0.1) is 11.6 Å². The van der Waals surface area contributed by atoms with Crippen LogP contribution in [0.5, 0.6) is 0 Å². The van der Waals surface area contributed by atoms with Crippen LogP contribution in [0.2, 0.25) is 5.28 Å². The maximum absolute atomic E-state index is 11.0. The minimum absolute atomic E-state index is 0.181. The van der Waals surface area contributed by atoms with Gasteiger partial charge in [-0.1, -0.05) is 6.92 Å². The van der Waals surface area contributed by atoms with Crippen molar-refractivity contribution in [2.75, 3.05) is 24.7 Å². The van der Waals surface area contributed by atoms with Crippen molar-refractivity contribution >= 4 is 49.0 Å². The van der Waals surface area contributed by atoms with Gasteiger partial charge in [-0.2, -0.15) is 0 Å². The summed E-state index contributed by atoms with van der Waals surface area (Å²) < 4.78 is 24.3. The molecule has 0 saturated carbocycles. The quantitative estimate of drug-likeness (QED) is 0.622. The molecule has 0 aliphatic rings. The minimum atomic E-state index is -3.18. The third-order valence-electron chi connectivity index (χ3n) is 2.55. The Hall–Kier alpha value is -0.960. The molecule has 0 unspecified atom stereocenters. The molecule has 6 nitrogen and oxygen atoms in total. The number of sulfonamides is 1. The van der Waals surface area contributed by atoms with Crippen LogP contribution in [0.4, 0.5) is 5.82 Å². The van der Waals surface area contributed by atoms with Gasteiger partial charge in [0, 0.05) is 18.0 Å². The number of nitrogens with zero attached hydrogens (tertiary/aromatic N) is 2. The van der Waals surface area contributed by atoms with E-state index in [1.807, 2.05) is 6.07 Å². The molecule has 0 aromatic carbocycles. The fourth-order valence-electron chi connectivity index (χ4n) is 1.67. The lowest BCUT2D eigenvalue weighted by Crippen LogP contribution is -2.27. The van der Waals surface area contributed by atoms with Crippen molar-refractivity contribution in [1.29, 1.82) is 0 Å². The first-order chi connectivity index (χ1) is 9.39. The number of rotatable bonds is 6. The van der Waals surface area contributed by atoms with E-state index < -0.39 is 10.0 Å². The summed E-state index contributed by atoms with van der Waals surface area (Å²) >= 11 is 7.48. The average molecular weight is 335 g/mol. The second-order valence-corrected chi connectivity index (χ2v) is 7.51. The highest BCUT2D eigenvalue weighted by molar-refractivity contribution is 7.88. The molecule has 2 N–H and O–H groups in total. The van der Waals surface area contributed by atoms with Crippen LogP contribution in [-0.2, 0) is 16.4 Å². The Bertz CT molecular complexity index is 715. The van der Waals surface area contributed by atoms with Crippen molar-refractivity contribution in [2.24, 2.45) is 0 Å². The monoisotopic (exact) mass is 334 g/mol. The van der Waals surface area contributed by atoms with Crippen molar-refractivity contribution in [3.63, 3.8) is 0 Å². The van der Waals surface area contributed by atoms with Gasteiger partial charge in [-0.05, 0) is 24.1 Å². The highest BCUT2D eigenvalue weighted by atomic mass is 35.5. The summed E-state index contributed by atoms with van der Waals surface area (Å²) in [5, 5.41) is 4.18. The van der Waals surface area contributed by atoms with E-state index in [0.29, 0.717) is 12.4 Å². The van der Waals surface area contributed by atoms with Gasteiger partial charge < -0.3 is 5.32 Å². The van der Waals surface area contributed by atoms with Crippen molar-refractivity contribution in [2.45, 2.75) is 13.3 Å². The summed E-state index contributed by atoms with van der Waals surface area (Å²) in [5.74, 6) is 0.631. The van der Waals surface area contributed by atoms with Crippen LogP contribution in [-0.4, -0.2) is 37.7 Å². The van der Waals surface area contributed by atoms with Crippen molar-refractivity contribution in [3.8, 4) is 0 Å². The Balaban J connectivity index is 2.14. The molecule has 2 rings (SSSR count). The molecule has 2 heterocycles. The van der Waals surface area contributed by atoms with E-state index in [1.54, 1.807) is 11.3 Å². The Morgan fingerprint density at radius 3 is 2.75 bits per heavy atom. The first-order valence-corrected chi connectivity index (χ1v) is 9.12. The molecule has 0 radical (unpaired) electrons. The second-order valence-electron chi connectivity index (χ2n) is 4.22. The first-order valence-electron chi connectivity index (χ1n) is 6.03. The predicted molar refractivity (Wildman–Crippen MR) is 83.1 cm³/mol. The summed E-state index contributed by atoms with van der Waals surface area (Å²) in [4.78, 5) is 10.4. The highest BCUT2D eigenvalue weighted by Crippen LogP contribution is 2.30. The second kappa shape index (κ2) is 6.21. The van der Waals surface area contributed by atoms with Crippen LogP contribution in [0.15, 0.2) is 6.07 Å². The van der Waals surface area contributed by atoms with E-state index in [-0.39, 0.29) is 11.8 Å². The number of anilines is 1. The Morgan fingerprint density at radius 2 is 2.10 bits per heavy atom.